The Hall–Kier alpha value is -1.28. The first kappa shape index (κ1) is 15.6. The topological polar surface area (TPSA) is 52.3 Å². The summed E-state index contributed by atoms with van der Waals surface area (Å²) in [6.45, 7) is 2.01. The van der Waals surface area contributed by atoms with E-state index in [-0.39, 0.29) is 5.69 Å². The quantitative estimate of drug-likeness (QED) is 0.319. The smallest absolute Gasteiger partial charge is 0.360 e. The van der Waals surface area contributed by atoms with Crippen molar-refractivity contribution in [1.29, 1.82) is 0 Å². The second-order valence-electron chi connectivity index (χ2n) is 5.32. The number of methoxy groups -OCH3 is 1. The number of carbonyl (C=O) groups excluding carboxylic acids is 1. The van der Waals surface area contributed by atoms with Gasteiger partial charge >= 0.3 is 5.97 Å². The highest BCUT2D eigenvalue weighted by atomic mass is 127. The van der Waals surface area contributed by atoms with Crippen LogP contribution in [0, 0.1) is 10.5 Å². The molecule has 1 aliphatic rings. The minimum Gasteiger partial charge on any atom is -0.464 e. The summed E-state index contributed by atoms with van der Waals surface area (Å²) < 4.78 is 11.4. The van der Waals surface area contributed by atoms with Crippen LogP contribution in [0.15, 0.2) is 22.7 Å². The molecule has 0 atom stereocenters. The van der Waals surface area contributed by atoms with Gasteiger partial charge < -0.3 is 9.26 Å². The standard InChI is InChI=1S/C16H14INO3S/c1-8-7-10(17)5-6-11(8)15(22)12-13(16(19)20-2)18-21-14(12)9-3-4-9/h5-7,9H,3-4H2,1-2H3. The van der Waals surface area contributed by atoms with E-state index in [9.17, 15) is 4.79 Å². The summed E-state index contributed by atoms with van der Waals surface area (Å²) in [5.41, 5.74) is 2.78. The van der Waals surface area contributed by atoms with E-state index in [1.807, 2.05) is 19.1 Å². The SMILES string of the molecule is COC(=O)c1noc(C2CC2)c1C(=S)c1ccc(I)cc1C. The number of benzene rings is 1. The molecule has 0 unspecified atom stereocenters. The molecule has 1 aliphatic carbocycles. The Morgan fingerprint density at radius 2 is 2.18 bits per heavy atom. The predicted molar refractivity (Wildman–Crippen MR) is 94.5 cm³/mol. The van der Waals surface area contributed by atoms with Gasteiger partial charge in [-0.2, -0.15) is 0 Å². The molecule has 4 nitrogen and oxygen atoms in total. The van der Waals surface area contributed by atoms with Crippen LogP contribution in [0.4, 0.5) is 0 Å². The number of aromatic nitrogens is 1. The third-order valence-electron chi connectivity index (χ3n) is 3.71. The molecule has 0 aliphatic heterocycles. The molecule has 0 N–H and O–H groups in total. The molecule has 22 heavy (non-hydrogen) atoms. The molecule has 0 saturated heterocycles. The van der Waals surface area contributed by atoms with E-state index in [1.54, 1.807) is 0 Å². The number of ether oxygens (including phenoxy) is 1. The van der Waals surface area contributed by atoms with Crippen molar-refractivity contribution in [3.8, 4) is 0 Å². The maximum Gasteiger partial charge on any atom is 0.360 e. The summed E-state index contributed by atoms with van der Waals surface area (Å²) in [5, 5.41) is 3.90. The van der Waals surface area contributed by atoms with E-state index >= 15 is 0 Å². The van der Waals surface area contributed by atoms with E-state index in [0.29, 0.717) is 22.1 Å². The van der Waals surface area contributed by atoms with Crippen molar-refractivity contribution in [3.63, 3.8) is 0 Å². The number of aryl methyl sites for hydroxylation is 1. The van der Waals surface area contributed by atoms with Crippen LogP contribution in [0.25, 0.3) is 0 Å². The molecule has 1 aromatic heterocycles. The number of esters is 1. The Bertz CT molecular complexity index is 765. The zero-order valence-corrected chi connectivity index (χ0v) is 15.2. The number of thiocarbonyl (C=S) groups is 1. The van der Waals surface area contributed by atoms with Gasteiger partial charge in [-0.1, -0.05) is 23.4 Å². The molecule has 0 bridgehead atoms. The normalized spacial score (nSPS) is 14.0. The van der Waals surface area contributed by atoms with Gasteiger partial charge in [-0.05, 0) is 65.6 Å². The van der Waals surface area contributed by atoms with Crippen molar-refractivity contribution in [2.75, 3.05) is 7.11 Å². The van der Waals surface area contributed by atoms with Gasteiger partial charge in [0.1, 0.15) is 5.76 Å². The van der Waals surface area contributed by atoms with Crippen LogP contribution in [0.2, 0.25) is 0 Å². The fraction of sp³-hybridized carbons (Fsp3) is 0.312. The molecule has 0 radical (unpaired) electrons. The van der Waals surface area contributed by atoms with Gasteiger partial charge in [0.05, 0.1) is 17.5 Å². The first-order valence-corrected chi connectivity index (χ1v) is 8.40. The third kappa shape index (κ3) is 2.81. The Balaban J connectivity index is 2.11. The van der Waals surface area contributed by atoms with Crippen LogP contribution in [0.1, 0.15) is 51.7 Å². The molecule has 1 aromatic carbocycles. The van der Waals surface area contributed by atoms with Gasteiger partial charge in [-0.15, -0.1) is 0 Å². The van der Waals surface area contributed by atoms with Crippen LogP contribution in [-0.4, -0.2) is 23.1 Å². The fourth-order valence-corrected chi connectivity index (χ4v) is 3.47. The second kappa shape index (κ2) is 6.08. The minimum absolute atomic E-state index is 0.173. The number of rotatable bonds is 4. The molecule has 2 aromatic rings. The molecule has 114 valence electrons. The summed E-state index contributed by atoms with van der Waals surface area (Å²) >= 11 is 7.91. The van der Waals surface area contributed by atoms with Crippen LogP contribution >= 0.6 is 34.8 Å². The Kier molecular flexibility index (Phi) is 4.31. The average molecular weight is 427 g/mol. The number of halogens is 1. The molecule has 0 spiro atoms. The van der Waals surface area contributed by atoms with Crippen molar-refractivity contribution >= 4 is 45.6 Å². The molecule has 1 saturated carbocycles. The number of hydrogen-bond donors (Lipinski definition) is 0. The van der Waals surface area contributed by atoms with Crippen LogP contribution in [-0.2, 0) is 4.74 Å². The first-order valence-electron chi connectivity index (χ1n) is 6.91. The molecule has 3 rings (SSSR count). The number of hydrogen-bond acceptors (Lipinski definition) is 5. The zero-order chi connectivity index (χ0) is 15.9. The van der Waals surface area contributed by atoms with Crippen molar-refractivity contribution in [2.24, 2.45) is 0 Å². The lowest BCUT2D eigenvalue weighted by atomic mass is 9.97. The van der Waals surface area contributed by atoms with E-state index in [2.05, 4.69) is 33.8 Å². The van der Waals surface area contributed by atoms with E-state index < -0.39 is 5.97 Å². The highest BCUT2D eigenvalue weighted by Crippen LogP contribution is 2.43. The Labute approximate surface area is 147 Å². The predicted octanol–water partition coefficient (Wildman–Crippen LogP) is 4.02. The third-order valence-corrected chi connectivity index (χ3v) is 4.80. The Morgan fingerprint density at radius 1 is 1.45 bits per heavy atom. The second-order valence-corrected chi connectivity index (χ2v) is 6.98. The van der Waals surface area contributed by atoms with Crippen molar-refractivity contribution in [3.05, 3.63) is 49.9 Å². The van der Waals surface area contributed by atoms with Gasteiger partial charge in [0.25, 0.3) is 0 Å². The fourth-order valence-electron chi connectivity index (χ4n) is 2.40. The molecule has 6 heteroatoms. The summed E-state index contributed by atoms with van der Waals surface area (Å²) in [7, 11) is 1.33. The molecule has 1 fully saturated rings. The molecular formula is C16H14INO3S. The molecule has 0 amide bonds. The van der Waals surface area contributed by atoms with Gasteiger partial charge in [-0.3, -0.25) is 0 Å². The maximum atomic E-state index is 12.0. The van der Waals surface area contributed by atoms with Crippen LogP contribution < -0.4 is 0 Å². The van der Waals surface area contributed by atoms with Crippen molar-refractivity contribution < 1.29 is 14.1 Å². The van der Waals surface area contributed by atoms with E-state index in [0.717, 1.165) is 27.5 Å². The van der Waals surface area contributed by atoms with Gasteiger partial charge in [0.2, 0.25) is 0 Å². The summed E-state index contributed by atoms with van der Waals surface area (Å²) in [4.78, 5) is 12.6. The summed E-state index contributed by atoms with van der Waals surface area (Å²) in [6, 6.07) is 6.03. The lowest BCUT2D eigenvalue weighted by Crippen LogP contribution is -2.12. The van der Waals surface area contributed by atoms with Crippen LogP contribution in [0.5, 0.6) is 0 Å². The lowest BCUT2D eigenvalue weighted by molar-refractivity contribution is 0.0589. The monoisotopic (exact) mass is 427 g/mol. The average Bonchev–Trinajstić information content (AvgIpc) is 3.24. The maximum absolute atomic E-state index is 12.0. The summed E-state index contributed by atoms with van der Waals surface area (Å²) in [5.74, 6) is 0.502. The number of nitrogens with zero attached hydrogens (tertiary/aromatic N) is 1. The first-order chi connectivity index (χ1) is 10.5. The zero-order valence-electron chi connectivity index (χ0n) is 12.2. The van der Waals surface area contributed by atoms with Crippen LogP contribution in [0.3, 0.4) is 0 Å². The van der Waals surface area contributed by atoms with Gasteiger partial charge in [0, 0.05) is 9.49 Å². The van der Waals surface area contributed by atoms with E-state index in [1.165, 1.54) is 7.11 Å². The van der Waals surface area contributed by atoms with E-state index in [4.69, 9.17) is 21.5 Å². The molecular weight excluding hydrogens is 413 g/mol. The highest BCUT2D eigenvalue weighted by Gasteiger charge is 2.36. The largest absolute Gasteiger partial charge is 0.464 e. The number of carbonyl (C=O) groups is 1. The van der Waals surface area contributed by atoms with Crippen molar-refractivity contribution in [2.45, 2.75) is 25.7 Å². The van der Waals surface area contributed by atoms with Crippen molar-refractivity contribution in [1.82, 2.24) is 5.16 Å². The Morgan fingerprint density at radius 3 is 2.77 bits per heavy atom. The minimum atomic E-state index is -0.517. The lowest BCUT2D eigenvalue weighted by Gasteiger charge is -2.09. The molecule has 1 heterocycles. The van der Waals surface area contributed by atoms with Gasteiger partial charge in [-0.25, -0.2) is 4.79 Å². The van der Waals surface area contributed by atoms with Gasteiger partial charge in [0.15, 0.2) is 5.69 Å². The summed E-state index contributed by atoms with van der Waals surface area (Å²) in [6.07, 6.45) is 2.08. The highest BCUT2D eigenvalue weighted by molar-refractivity contribution is 14.1.